The summed E-state index contributed by atoms with van der Waals surface area (Å²) in [6.07, 6.45) is 1.28. The van der Waals surface area contributed by atoms with Crippen LogP contribution in [0.4, 0.5) is 10.1 Å². The molecule has 7 nitrogen and oxygen atoms in total. The topological polar surface area (TPSA) is 87.3 Å². The van der Waals surface area contributed by atoms with E-state index in [0.29, 0.717) is 25.4 Å². The molecule has 2 heterocycles. The molecule has 0 saturated carbocycles. The van der Waals surface area contributed by atoms with Gasteiger partial charge in [0, 0.05) is 25.4 Å². The summed E-state index contributed by atoms with van der Waals surface area (Å²) in [5.41, 5.74) is 1.07. The van der Waals surface area contributed by atoms with E-state index in [-0.39, 0.29) is 17.6 Å². The minimum absolute atomic E-state index is 0.0773. The van der Waals surface area contributed by atoms with Gasteiger partial charge in [-0.15, -0.1) is 0 Å². The van der Waals surface area contributed by atoms with Gasteiger partial charge in [0.25, 0.3) is 5.91 Å². The molecule has 1 atom stereocenters. The Bertz CT molecular complexity index is 748. The predicted octanol–water partition coefficient (Wildman–Crippen LogP) is 1.72. The van der Waals surface area contributed by atoms with Crippen LogP contribution >= 0.6 is 0 Å². The van der Waals surface area contributed by atoms with Gasteiger partial charge < -0.3 is 15.0 Å². The number of hydrogen-bond acceptors (Lipinski definition) is 4. The predicted molar refractivity (Wildman–Crippen MR) is 83.9 cm³/mol. The van der Waals surface area contributed by atoms with E-state index in [2.05, 4.69) is 15.5 Å². The maximum atomic E-state index is 14.1. The standard InChI is InChI=1S/C16H17FN4O3/c1-10(22)19-11-2-3-13(17)12(8-11)16(23)21-6-7-24-15(9-21)14-4-5-18-20-14/h2-5,8,15H,6-7,9H2,1H3,(H,18,20)(H,19,22). The van der Waals surface area contributed by atoms with Crippen LogP contribution in [0, 0.1) is 5.82 Å². The minimum Gasteiger partial charge on any atom is -0.368 e. The van der Waals surface area contributed by atoms with E-state index < -0.39 is 11.7 Å². The lowest BCUT2D eigenvalue weighted by Crippen LogP contribution is -2.42. The molecule has 24 heavy (non-hydrogen) atoms. The molecule has 3 rings (SSSR count). The van der Waals surface area contributed by atoms with Gasteiger partial charge in [-0.05, 0) is 24.3 Å². The number of H-pyrrole nitrogens is 1. The number of nitrogens with zero attached hydrogens (tertiary/aromatic N) is 2. The van der Waals surface area contributed by atoms with Gasteiger partial charge in [-0.25, -0.2) is 4.39 Å². The van der Waals surface area contributed by atoms with Crippen LogP contribution in [0.2, 0.25) is 0 Å². The van der Waals surface area contributed by atoms with Gasteiger partial charge in [-0.3, -0.25) is 14.7 Å². The molecule has 0 bridgehead atoms. The smallest absolute Gasteiger partial charge is 0.257 e. The van der Waals surface area contributed by atoms with Crippen LogP contribution in [0.1, 0.15) is 29.1 Å². The first-order chi connectivity index (χ1) is 11.5. The summed E-state index contributed by atoms with van der Waals surface area (Å²) in [6.45, 7) is 2.36. The third kappa shape index (κ3) is 3.43. The van der Waals surface area contributed by atoms with Crippen molar-refractivity contribution >= 4 is 17.5 Å². The summed E-state index contributed by atoms with van der Waals surface area (Å²) in [6, 6.07) is 5.71. The first-order valence-corrected chi connectivity index (χ1v) is 7.52. The molecule has 1 saturated heterocycles. The van der Waals surface area contributed by atoms with E-state index in [1.165, 1.54) is 30.0 Å². The Morgan fingerprint density at radius 1 is 1.42 bits per heavy atom. The molecule has 0 spiro atoms. The monoisotopic (exact) mass is 332 g/mol. The largest absolute Gasteiger partial charge is 0.368 e. The lowest BCUT2D eigenvalue weighted by atomic mass is 10.1. The molecule has 0 radical (unpaired) electrons. The Balaban J connectivity index is 1.79. The number of amides is 2. The van der Waals surface area contributed by atoms with E-state index >= 15 is 0 Å². The zero-order chi connectivity index (χ0) is 17.1. The summed E-state index contributed by atoms with van der Waals surface area (Å²) >= 11 is 0. The van der Waals surface area contributed by atoms with Gasteiger partial charge in [0.1, 0.15) is 11.9 Å². The quantitative estimate of drug-likeness (QED) is 0.896. The van der Waals surface area contributed by atoms with Crippen molar-refractivity contribution in [2.75, 3.05) is 25.0 Å². The number of halogens is 1. The highest BCUT2D eigenvalue weighted by molar-refractivity contribution is 5.97. The van der Waals surface area contributed by atoms with E-state index in [1.54, 1.807) is 12.3 Å². The number of ether oxygens (including phenoxy) is 1. The number of rotatable bonds is 3. The van der Waals surface area contributed by atoms with E-state index in [0.717, 1.165) is 5.69 Å². The van der Waals surface area contributed by atoms with E-state index in [4.69, 9.17) is 4.74 Å². The van der Waals surface area contributed by atoms with Gasteiger partial charge in [0.15, 0.2) is 0 Å². The van der Waals surface area contributed by atoms with Crippen LogP contribution in [-0.4, -0.2) is 46.6 Å². The molecule has 0 aliphatic carbocycles. The number of hydrogen-bond donors (Lipinski definition) is 2. The van der Waals surface area contributed by atoms with Crippen molar-refractivity contribution in [3.63, 3.8) is 0 Å². The number of anilines is 1. The van der Waals surface area contributed by atoms with E-state index in [9.17, 15) is 14.0 Å². The number of carbonyl (C=O) groups is 2. The Labute approximate surface area is 137 Å². The molecule has 2 amide bonds. The molecule has 1 aliphatic heterocycles. The third-order valence-corrected chi connectivity index (χ3v) is 3.74. The molecule has 1 aliphatic rings. The number of carbonyl (C=O) groups excluding carboxylic acids is 2. The number of aromatic amines is 1. The summed E-state index contributed by atoms with van der Waals surface area (Å²) < 4.78 is 19.7. The second-order valence-corrected chi connectivity index (χ2v) is 5.50. The van der Waals surface area contributed by atoms with Gasteiger partial charge >= 0.3 is 0 Å². The lowest BCUT2D eigenvalue weighted by molar-refractivity contribution is -0.114. The molecule has 1 unspecified atom stereocenters. The van der Waals surface area contributed by atoms with Crippen molar-refractivity contribution < 1.29 is 18.7 Å². The fourth-order valence-electron chi connectivity index (χ4n) is 2.61. The number of morpholine rings is 1. The highest BCUT2D eigenvalue weighted by Crippen LogP contribution is 2.23. The van der Waals surface area contributed by atoms with Crippen molar-refractivity contribution in [3.05, 3.63) is 47.5 Å². The number of aromatic nitrogens is 2. The zero-order valence-corrected chi connectivity index (χ0v) is 13.1. The molecular formula is C16H17FN4O3. The molecule has 8 heteroatoms. The van der Waals surface area contributed by atoms with E-state index in [1.807, 2.05) is 0 Å². The average molecular weight is 332 g/mol. The van der Waals surface area contributed by atoms with Crippen LogP contribution < -0.4 is 5.32 Å². The second-order valence-electron chi connectivity index (χ2n) is 5.50. The lowest BCUT2D eigenvalue weighted by Gasteiger charge is -2.32. The second kappa shape index (κ2) is 6.79. The molecule has 126 valence electrons. The molecule has 2 aromatic rings. The summed E-state index contributed by atoms with van der Waals surface area (Å²) in [5, 5.41) is 9.23. The van der Waals surface area contributed by atoms with Crippen molar-refractivity contribution in [2.45, 2.75) is 13.0 Å². The molecule has 1 fully saturated rings. The first-order valence-electron chi connectivity index (χ1n) is 7.52. The Kier molecular flexibility index (Phi) is 4.57. The van der Waals surface area contributed by atoms with Crippen LogP contribution in [0.15, 0.2) is 30.5 Å². The third-order valence-electron chi connectivity index (χ3n) is 3.74. The Hall–Kier alpha value is -2.74. The Morgan fingerprint density at radius 2 is 2.25 bits per heavy atom. The summed E-state index contributed by atoms with van der Waals surface area (Å²) in [4.78, 5) is 25.3. The molecule has 1 aromatic carbocycles. The van der Waals surface area contributed by atoms with Crippen molar-refractivity contribution in [3.8, 4) is 0 Å². The maximum absolute atomic E-state index is 14.1. The molecular weight excluding hydrogens is 315 g/mol. The minimum atomic E-state index is -0.626. The van der Waals surface area contributed by atoms with Crippen LogP contribution in [-0.2, 0) is 9.53 Å². The fourth-order valence-corrected chi connectivity index (χ4v) is 2.61. The first kappa shape index (κ1) is 16.1. The fraction of sp³-hybridized carbons (Fsp3) is 0.312. The highest BCUT2D eigenvalue weighted by atomic mass is 19.1. The number of benzene rings is 1. The number of nitrogens with one attached hydrogen (secondary N) is 2. The van der Waals surface area contributed by atoms with Crippen molar-refractivity contribution in [1.82, 2.24) is 15.1 Å². The summed E-state index contributed by atoms with van der Waals surface area (Å²) in [7, 11) is 0. The zero-order valence-electron chi connectivity index (χ0n) is 13.1. The van der Waals surface area contributed by atoms with Crippen molar-refractivity contribution in [1.29, 1.82) is 0 Å². The van der Waals surface area contributed by atoms with Gasteiger partial charge in [-0.1, -0.05) is 0 Å². The highest BCUT2D eigenvalue weighted by Gasteiger charge is 2.28. The van der Waals surface area contributed by atoms with Crippen LogP contribution in [0.5, 0.6) is 0 Å². The van der Waals surface area contributed by atoms with Crippen LogP contribution in [0.25, 0.3) is 0 Å². The molecule has 2 N–H and O–H groups in total. The van der Waals surface area contributed by atoms with Gasteiger partial charge in [0.2, 0.25) is 5.91 Å². The normalized spacial score (nSPS) is 17.6. The van der Waals surface area contributed by atoms with Gasteiger partial charge in [-0.2, -0.15) is 5.10 Å². The van der Waals surface area contributed by atoms with Crippen molar-refractivity contribution in [2.24, 2.45) is 0 Å². The average Bonchev–Trinajstić information content (AvgIpc) is 3.10. The summed E-state index contributed by atoms with van der Waals surface area (Å²) in [5.74, 6) is -1.35. The SMILES string of the molecule is CC(=O)Nc1ccc(F)c(C(=O)N2CCOC(c3ccn[nH]3)C2)c1. The Morgan fingerprint density at radius 3 is 2.96 bits per heavy atom. The van der Waals surface area contributed by atoms with Crippen LogP contribution in [0.3, 0.4) is 0 Å². The molecule has 1 aromatic heterocycles. The maximum Gasteiger partial charge on any atom is 0.257 e. The van der Waals surface area contributed by atoms with Gasteiger partial charge in [0.05, 0.1) is 24.4 Å².